The predicted molar refractivity (Wildman–Crippen MR) is 118 cm³/mol. The average Bonchev–Trinajstić information content (AvgIpc) is 2.90. The Kier molecular flexibility index (Phi) is 4.56. The minimum Gasteiger partial charge on any atom is -0.399 e. The summed E-state index contributed by atoms with van der Waals surface area (Å²) in [6.07, 6.45) is 2.06. The van der Waals surface area contributed by atoms with E-state index in [9.17, 15) is 0 Å². The van der Waals surface area contributed by atoms with Crippen molar-refractivity contribution < 1.29 is 12.9 Å². The van der Waals surface area contributed by atoms with E-state index in [-0.39, 0.29) is 0 Å². The van der Waals surface area contributed by atoms with Gasteiger partial charge >= 0.3 is 8.24 Å². The maximum absolute atomic E-state index is 6.26. The van der Waals surface area contributed by atoms with Crippen molar-refractivity contribution >= 4 is 51.7 Å². The molecule has 0 aliphatic heterocycles. The Morgan fingerprint density at radius 3 is 1.79 bits per heavy atom. The molecule has 0 spiro atoms. The zero-order chi connectivity index (χ0) is 18.9. The molecule has 0 atom stereocenters. The number of hydrogen-bond acceptors (Lipinski definition) is 3. The molecule has 1 aromatic heterocycles. The summed E-state index contributed by atoms with van der Waals surface area (Å²) in [5.74, 6) is 0. The first kappa shape index (κ1) is 17.4. The summed E-state index contributed by atoms with van der Waals surface area (Å²) in [7, 11) is -1.49. The van der Waals surface area contributed by atoms with Gasteiger partial charge in [-0.25, -0.2) is 0 Å². The topological polar surface area (TPSA) is 35.5 Å². The maximum atomic E-state index is 6.26. The second-order valence-electron chi connectivity index (χ2n) is 6.91. The summed E-state index contributed by atoms with van der Waals surface area (Å²) in [5.41, 5.74) is 1.63. The van der Waals surface area contributed by atoms with Gasteiger partial charge in [0.05, 0.1) is 6.61 Å². The van der Waals surface area contributed by atoms with Crippen LogP contribution in [0.4, 0.5) is 0 Å². The van der Waals surface area contributed by atoms with Crippen molar-refractivity contribution in [3.8, 4) is 0 Å². The zero-order valence-corrected chi connectivity index (χ0v) is 16.6. The molecule has 4 aromatic carbocycles. The molecular formula is C24H21O3P. The van der Waals surface area contributed by atoms with Crippen LogP contribution in [0.25, 0.3) is 43.5 Å². The van der Waals surface area contributed by atoms with Crippen molar-refractivity contribution in [2.45, 2.75) is 19.8 Å². The van der Waals surface area contributed by atoms with Crippen LogP contribution in [0.5, 0.6) is 0 Å². The van der Waals surface area contributed by atoms with Gasteiger partial charge in [0.2, 0.25) is 0 Å². The summed E-state index contributed by atoms with van der Waals surface area (Å²) in [6, 6.07) is 25.1. The summed E-state index contributed by atoms with van der Waals surface area (Å²) in [4.78, 5) is 0. The third kappa shape index (κ3) is 2.97. The molecule has 5 aromatic rings. The number of benzene rings is 4. The van der Waals surface area contributed by atoms with E-state index in [1.165, 1.54) is 10.8 Å². The van der Waals surface area contributed by atoms with Crippen molar-refractivity contribution in [2.24, 2.45) is 0 Å². The molecule has 4 heteroatoms. The lowest BCUT2D eigenvalue weighted by atomic mass is 9.99. The normalized spacial score (nSPS) is 11.6. The van der Waals surface area contributed by atoms with Crippen molar-refractivity contribution in [1.29, 1.82) is 0 Å². The highest BCUT2D eigenvalue weighted by molar-refractivity contribution is 7.31. The van der Waals surface area contributed by atoms with Crippen LogP contribution in [0.3, 0.4) is 0 Å². The van der Waals surface area contributed by atoms with Gasteiger partial charge in [0.25, 0.3) is 0 Å². The van der Waals surface area contributed by atoms with E-state index in [1.54, 1.807) is 0 Å². The first-order valence-electron chi connectivity index (χ1n) is 9.68. The van der Waals surface area contributed by atoms with Crippen LogP contribution in [-0.2, 0) is 0 Å². The predicted octanol–water partition coefficient (Wildman–Crippen LogP) is 7.83. The molecule has 3 nitrogen and oxygen atoms in total. The van der Waals surface area contributed by atoms with Gasteiger partial charge in [-0.2, -0.15) is 0 Å². The summed E-state index contributed by atoms with van der Waals surface area (Å²) in [6.45, 7) is 2.78. The highest BCUT2D eigenvalue weighted by atomic mass is 31.1. The van der Waals surface area contributed by atoms with Gasteiger partial charge in [0.15, 0.2) is 0 Å². The van der Waals surface area contributed by atoms with Crippen molar-refractivity contribution in [3.05, 3.63) is 72.8 Å². The number of hydrogen-bond donors (Lipinski definition) is 0. The molecule has 0 amide bonds. The quantitative estimate of drug-likeness (QED) is 0.294. The highest BCUT2D eigenvalue weighted by Crippen LogP contribution is 2.40. The van der Waals surface area contributed by atoms with E-state index < -0.39 is 8.24 Å². The molecule has 0 radical (unpaired) electrons. The van der Waals surface area contributed by atoms with Gasteiger partial charge < -0.3 is 8.39 Å². The van der Waals surface area contributed by atoms with E-state index in [1.807, 2.05) is 12.1 Å². The van der Waals surface area contributed by atoms with Crippen molar-refractivity contribution in [2.75, 3.05) is 6.61 Å². The van der Waals surface area contributed by atoms with Gasteiger partial charge in [-0.3, -0.25) is 4.52 Å². The van der Waals surface area contributed by atoms with Crippen molar-refractivity contribution in [3.63, 3.8) is 0 Å². The van der Waals surface area contributed by atoms with Crippen LogP contribution in [0.2, 0.25) is 0 Å². The van der Waals surface area contributed by atoms with Gasteiger partial charge in [0, 0.05) is 10.8 Å². The lowest BCUT2D eigenvalue weighted by molar-refractivity contribution is 0.363. The minimum atomic E-state index is -1.49. The van der Waals surface area contributed by atoms with Gasteiger partial charge in [-0.15, -0.1) is 0 Å². The highest BCUT2D eigenvalue weighted by Gasteiger charge is 2.13. The third-order valence-corrected chi connectivity index (χ3v) is 6.16. The van der Waals surface area contributed by atoms with Crippen LogP contribution in [0.15, 0.2) is 81.2 Å². The van der Waals surface area contributed by atoms with E-state index >= 15 is 0 Å². The lowest BCUT2D eigenvalue weighted by Crippen LogP contribution is -1.92. The molecule has 0 N–H and O–H groups in total. The van der Waals surface area contributed by atoms with E-state index in [0.29, 0.717) is 6.61 Å². The minimum absolute atomic E-state index is 0.633. The SMILES string of the molecule is CCCCOp1oc2ccc3ccccc3c2c2c(ccc3ccccc32)o1. The average molecular weight is 388 g/mol. The van der Waals surface area contributed by atoms with Crippen LogP contribution in [0, 0.1) is 0 Å². The molecule has 1 heterocycles. The Morgan fingerprint density at radius 2 is 1.25 bits per heavy atom. The number of fused-ring (bicyclic) bond motifs is 7. The molecule has 0 aliphatic carbocycles. The Morgan fingerprint density at radius 1 is 0.714 bits per heavy atom. The third-order valence-electron chi connectivity index (χ3n) is 5.07. The van der Waals surface area contributed by atoms with Crippen LogP contribution >= 0.6 is 8.24 Å². The molecule has 5 rings (SSSR count). The summed E-state index contributed by atoms with van der Waals surface area (Å²) >= 11 is 0. The van der Waals surface area contributed by atoms with E-state index in [4.69, 9.17) is 12.9 Å². The van der Waals surface area contributed by atoms with Gasteiger partial charge in [-0.05, 0) is 40.1 Å². The molecule has 0 bridgehead atoms. The Balaban J connectivity index is 1.98. The monoisotopic (exact) mass is 388 g/mol. The lowest BCUT2D eigenvalue weighted by Gasteiger charge is -2.05. The first-order valence-corrected chi connectivity index (χ1v) is 10.8. The number of rotatable bonds is 4. The molecule has 0 fully saturated rings. The smallest absolute Gasteiger partial charge is 0.387 e. The molecule has 0 aliphatic rings. The van der Waals surface area contributed by atoms with Gasteiger partial charge in [0.1, 0.15) is 11.2 Å². The molecule has 0 unspecified atom stereocenters. The standard InChI is InChI=1S/C24H21O3P/c1-2-3-16-25-28-26-21-14-12-17-8-4-6-10-19(17)23(21)24-20-11-7-5-9-18(20)13-15-22(24)27-28/h4-15H,2-3,16H2,1H3. The Hall–Kier alpha value is -2.74. The second kappa shape index (κ2) is 7.35. The van der Waals surface area contributed by atoms with Crippen molar-refractivity contribution in [1.82, 2.24) is 0 Å². The van der Waals surface area contributed by atoms with Crippen LogP contribution < -0.4 is 4.52 Å². The maximum Gasteiger partial charge on any atom is 0.387 e. The molecule has 28 heavy (non-hydrogen) atoms. The zero-order valence-electron chi connectivity index (χ0n) is 15.7. The fourth-order valence-corrected chi connectivity index (χ4v) is 4.73. The fraction of sp³-hybridized carbons (Fsp3) is 0.167. The van der Waals surface area contributed by atoms with E-state index in [2.05, 4.69) is 67.6 Å². The summed E-state index contributed by atoms with van der Waals surface area (Å²) < 4.78 is 18.5. The molecule has 140 valence electrons. The molecule has 0 saturated heterocycles. The summed E-state index contributed by atoms with van der Waals surface area (Å²) in [5, 5.41) is 6.84. The Bertz CT molecular complexity index is 1240. The largest absolute Gasteiger partial charge is 0.399 e. The van der Waals surface area contributed by atoms with E-state index in [0.717, 1.165) is 45.6 Å². The number of unbranched alkanes of at least 4 members (excludes halogenated alkanes) is 1. The van der Waals surface area contributed by atoms with Crippen LogP contribution in [0.1, 0.15) is 19.8 Å². The Labute approximate surface area is 164 Å². The molecular weight excluding hydrogens is 367 g/mol. The first-order chi connectivity index (χ1) is 13.8. The fourth-order valence-electron chi connectivity index (χ4n) is 3.69. The van der Waals surface area contributed by atoms with Gasteiger partial charge in [-0.1, -0.05) is 74.0 Å². The van der Waals surface area contributed by atoms with Crippen LogP contribution in [-0.4, -0.2) is 6.61 Å². The second-order valence-corrected chi connectivity index (χ2v) is 7.98. The molecule has 0 saturated carbocycles.